The van der Waals surface area contributed by atoms with E-state index < -0.39 is 0 Å². The number of ether oxygens (including phenoxy) is 1. The van der Waals surface area contributed by atoms with Crippen molar-refractivity contribution >= 4 is 10.9 Å². The Bertz CT molecular complexity index is 712. The molecular weight excluding hydrogens is 234 g/mol. The molecule has 2 nitrogen and oxygen atoms in total. The maximum absolute atomic E-state index is 5.91. The number of hydrogen-bond donors (Lipinski definition) is 0. The van der Waals surface area contributed by atoms with Crippen LogP contribution in [0.3, 0.4) is 0 Å². The molecule has 0 fully saturated rings. The molecule has 0 aliphatic carbocycles. The van der Waals surface area contributed by atoms with Crippen LogP contribution in [0, 0.1) is 6.92 Å². The van der Waals surface area contributed by atoms with Crippen LogP contribution in [0.2, 0.25) is 0 Å². The van der Waals surface area contributed by atoms with Gasteiger partial charge in [0, 0.05) is 12.6 Å². The molecule has 0 unspecified atom stereocenters. The van der Waals surface area contributed by atoms with E-state index in [4.69, 9.17) is 4.74 Å². The molecule has 0 amide bonds. The first kappa shape index (κ1) is 11.8. The molecule has 0 atom stereocenters. The second kappa shape index (κ2) is 4.81. The van der Waals surface area contributed by atoms with Crippen LogP contribution < -0.4 is 4.74 Å². The first-order chi connectivity index (χ1) is 9.25. The van der Waals surface area contributed by atoms with Gasteiger partial charge in [-0.3, -0.25) is 0 Å². The number of nitrogens with zero attached hydrogens (tertiary/aromatic N) is 1. The smallest absolute Gasteiger partial charge is 0.128 e. The van der Waals surface area contributed by atoms with E-state index in [1.165, 1.54) is 22.2 Å². The minimum atomic E-state index is 0.593. The van der Waals surface area contributed by atoms with Gasteiger partial charge >= 0.3 is 0 Å². The van der Waals surface area contributed by atoms with Crippen LogP contribution in [0.25, 0.3) is 10.9 Å². The van der Waals surface area contributed by atoms with Gasteiger partial charge in [-0.2, -0.15) is 0 Å². The molecule has 0 aliphatic heterocycles. The number of fused-ring (bicyclic) bond motifs is 1. The van der Waals surface area contributed by atoms with E-state index in [9.17, 15) is 0 Å². The monoisotopic (exact) mass is 251 g/mol. The summed E-state index contributed by atoms with van der Waals surface area (Å²) < 4.78 is 8.10. The van der Waals surface area contributed by atoms with Crippen molar-refractivity contribution in [3.05, 3.63) is 65.9 Å². The number of aromatic nitrogens is 1. The standard InChI is InChI=1S/C17H17NO/c1-13-7-3-6-10-17(13)19-12-15-11-14-8-4-5-9-16(14)18(15)2/h3-11H,12H2,1-2H3. The van der Waals surface area contributed by atoms with Crippen LogP contribution in [0.1, 0.15) is 11.3 Å². The fraction of sp³-hybridized carbons (Fsp3) is 0.176. The molecule has 0 saturated heterocycles. The summed E-state index contributed by atoms with van der Waals surface area (Å²) >= 11 is 0. The molecule has 2 aromatic carbocycles. The molecule has 0 spiro atoms. The van der Waals surface area contributed by atoms with E-state index >= 15 is 0 Å². The molecule has 0 aliphatic rings. The Morgan fingerprint density at radius 2 is 1.74 bits per heavy atom. The number of rotatable bonds is 3. The molecule has 1 aromatic heterocycles. The third-order valence-corrected chi connectivity index (χ3v) is 3.52. The van der Waals surface area contributed by atoms with Gasteiger partial charge in [-0.1, -0.05) is 36.4 Å². The van der Waals surface area contributed by atoms with Gasteiger partial charge in [-0.05, 0) is 36.1 Å². The fourth-order valence-electron chi connectivity index (χ4n) is 2.35. The van der Waals surface area contributed by atoms with Crippen LogP contribution in [0.4, 0.5) is 0 Å². The van der Waals surface area contributed by atoms with Crippen molar-refractivity contribution in [2.24, 2.45) is 7.05 Å². The van der Waals surface area contributed by atoms with Crippen LogP contribution in [0.15, 0.2) is 54.6 Å². The van der Waals surface area contributed by atoms with E-state index in [1.54, 1.807) is 0 Å². The Balaban J connectivity index is 1.86. The van der Waals surface area contributed by atoms with Crippen molar-refractivity contribution in [3.8, 4) is 5.75 Å². The van der Waals surface area contributed by atoms with Crippen molar-refractivity contribution in [1.29, 1.82) is 0 Å². The quantitative estimate of drug-likeness (QED) is 0.684. The predicted molar refractivity (Wildman–Crippen MR) is 78.4 cm³/mol. The van der Waals surface area contributed by atoms with Gasteiger partial charge in [-0.15, -0.1) is 0 Å². The van der Waals surface area contributed by atoms with Gasteiger partial charge in [-0.25, -0.2) is 0 Å². The van der Waals surface area contributed by atoms with E-state index in [1.807, 2.05) is 18.2 Å². The summed E-state index contributed by atoms with van der Waals surface area (Å²) in [5.74, 6) is 0.952. The van der Waals surface area contributed by atoms with Crippen molar-refractivity contribution in [1.82, 2.24) is 4.57 Å². The molecular formula is C17H17NO. The normalized spacial score (nSPS) is 10.8. The van der Waals surface area contributed by atoms with Gasteiger partial charge in [0.15, 0.2) is 0 Å². The number of hydrogen-bond acceptors (Lipinski definition) is 1. The second-order valence-corrected chi connectivity index (χ2v) is 4.81. The Kier molecular flexibility index (Phi) is 3.00. The van der Waals surface area contributed by atoms with Crippen molar-refractivity contribution < 1.29 is 4.74 Å². The lowest BCUT2D eigenvalue weighted by atomic mass is 10.2. The highest BCUT2D eigenvalue weighted by atomic mass is 16.5. The molecule has 3 rings (SSSR count). The summed E-state index contributed by atoms with van der Waals surface area (Å²) in [6, 6.07) is 18.7. The molecule has 0 bridgehead atoms. The highest BCUT2D eigenvalue weighted by Crippen LogP contribution is 2.21. The molecule has 96 valence electrons. The summed E-state index contributed by atoms with van der Waals surface area (Å²) in [6.45, 7) is 2.66. The zero-order chi connectivity index (χ0) is 13.2. The lowest BCUT2D eigenvalue weighted by Gasteiger charge is -2.09. The van der Waals surface area contributed by atoms with E-state index in [2.05, 4.69) is 54.9 Å². The molecule has 19 heavy (non-hydrogen) atoms. The number of benzene rings is 2. The van der Waals surface area contributed by atoms with E-state index in [0.717, 1.165) is 5.75 Å². The average molecular weight is 251 g/mol. The first-order valence-corrected chi connectivity index (χ1v) is 6.47. The third-order valence-electron chi connectivity index (χ3n) is 3.52. The first-order valence-electron chi connectivity index (χ1n) is 6.47. The van der Waals surface area contributed by atoms with E-state index in [-0.39, 0.29) is 0 Å². The third kappa shape index (κ3) is 2.22. The van der Waals surface area contributed by atoms with E-state index in [0.29, 0.717) is 6.61 Å². The Labute approximate surface area is 113 Å². The van der Waals surface area contributed by atoms with Crippen molar-refractivity contribution in [2.45, 2.75) is 13.5 Å². The molecule has 1 heterocycles. The summed E-state index contributed by atoms with van der Waals surface area (Å²) in [5, 5.41) is 1.26. The summed E-state index contributed by atoms with van der Waals surface area (Å²) in [7, 11) is 2.08. The largest absolute Gasteiger partial charge is 0.487 e. The Morgan fingerprint density at radius 3 is 2.53 bits per heavy atom. The molecule has 0 saturated carbocycles. The fourth-order valence-corrected chi connectivity index (χ4v) is 2.35. The predicted octanol–water partition coefficient (Wildman–Crippen LogP) is 4.07. The molecule has 0 radical (unpaired) electrons. The summed E-state index contributed by atoms with van der Waals surface area (Å²) in [5.41, 5.74) is 3.59. The maximum Gasteiger partial charge on any atom is 0.128 e. The van der Waals surface area contributed by atoms with Crippen molar-refractivity contribution in [3.63, 3.8) is 0 Å². The number of aryl methyl sites for hydroxylation is 2. The van der Waals surface area contributed by atoms with Crippen LogP contribution in [0.5, 0.6) is 5.75 Å². The molecule has 0 N–H and O–H groups in total. The Morgan fingerprint density at radius 1 is 1.00 bits per heavy atom. The second-order valence-electron chi connectivity index (χ2n) is 4.81. The van der Waals surface area contributed by atoms with Gasteiger partial charge in [0.05, 0.1) is 5.69 Å². The minimum absolute atomic E-state index is 0.593. The average Bonchev–Trinajstić information content (AvgIpc) is 2.75. The summed E-state index contributed by atoms with van der Waals surface area (Å²) in [4.78, 5) is 0. The number of para-hydroxylation sites is 2. The zero-order valence-electron chi connectivity index (χ0n) is 11.3. The maximum atomic E-state index is 5.91. The van der Waals surface area contributed by atoms with Crippen molar-refractivity contribution in [2.75, 3.05) is 0 Å². The topological polar surface area (TPSA) is 14.2 Å². The van der Waals surface area contributed by atoms with Crippen LogP contribution >= 0.6 is 0 Å². The van der Waals surface area contributed by atoms with Crippen LogP contribution in [-0.2, 0) is 13.7 Å². The lowest BCUT2D eigenvalue weighted by Crippen LogP contribution is -2.02. The molecule has 3 aromatic rings. The summed E-state index contributed by atoms with van der Waals surface area (Å²) in [6.07, 6.45) is 0. The highest BCUT2D eigenvalue weighted by molar-refractivity contribution is 5.81. The lowest BCUT2D eigenvalue weighted by molar-refractivity contribution is 0.296. The highest BCUT2D eigenvalue weighted by Gasteiger charge is 2.06. The minimum Gasteiger partial charge on any atom is -0.487 e. The zero-order valence-corrected chi connectivity index (χ0v) is 11.3. The van der Waals surface area contributed by atoms with Gasteiger partial charge < -0.3 is 9.30 Å². The van der Waals surface area contributed by atoms with Gasteiger partial charge in [0.1, 0.15) is 12.4 Å². The SMILES string of the molecule is Cc1ccccc1OCc1cc2ccccc2n1C. The Hall–Kier alpha value is -2.22. The van der Waals surface area contributed by atoms with Gasteiger partial charge in [0.25, 0.3) is 0 Å². The van der Waals surface area contributed by atoms with Crippen LogP contribution in [-0.4, -0.2) is 4.57 Å². The van der Waals surface area contributed by atoms with Gasteiger partial charge in [0.2, 0.25) is 0 Å². The molecule has 2 heteroatoms.